The molecule has 0 aliphatic rings. The van der Waals surface area contributed by atoms with Crippen molar-refractivity contribution in [2.45, 2.75) is 32.2 Å². The molecule has 29 heavy (non-hydrogen) atoms. The van der Waals surface area contributed by atoms with E-state index in [0.29, 0.717) is 17.9 Å². The van der Waals surface area contributed by atoms with Gasteiger partial charge in [-0.3, -0.25) is 4.79 Å². The molecule has 158 valence electrons. The number of phenolic OH excluding ortho intramolecular Hbond substituents is 1. The van der Waals surface area contributed by atoms with Crippen LogP contribution in [0.15, 0.2) is 39.3 Å². The van der Waals surface area contributed by atoms with E-state index >= 15 is 0 Å². The maximum absolute atomic E-state index is 11.8. The van der Waals surface area contributed by atoms with Crippen molar-refractivity contribution in [1.29, 1.82) is 0 Å². The minimum atomic E-state index is -0.701. The zero-order chi connectivity index (χ0) is 21.6. The third-order valence-corrected chi connectivity index (χ3v) is 5.80. The Hall–Kier alpha value is -1.61. The smallest absolute Gasteiger partial charge is 0.258 e. The number of carbonyl (C=O) groups excluding carboxylic acids is 1. The van der Waals surface area contributed by atoms with Crippen molar-refractivity contribution in [1.82, 2.24) is 5.32 Å². The number of halogens is 2. The van der Waals surface area contributed by atoms with Gasteiger partial charge in [-0.25, -0.2) is 0 Å². The molecule has 8 heteroatoms. The van der Waals surface area contributed by atoms with E-state index in [2.05, 4.69) is 37.2 Å². The van der Waals surface area contributed by atoms with E-state index in [-0.39, 0.29) is 25.7 Å². The molecule has 0 bridgehead atoms. The number of hydrogen-bond donors (Lipinski definition) is 4. The van der Waals surface area contributed by atoms with E-state index in [1.807, 2.05) is 26.0 Å². The van der Waals surface area contributed by atoms with Crippen LogP contribution in [-0.4, -0.2) is 47.1 Å². The zero-order valence-electron chi connectivity index (χ0n) is 16.3. The summed E-state index contributed by atoms with van der Waals surface area (Å²) < 4.78 is 7.17. The number of aliphatic hydroxyl groups is 2. The Labute approximate surface area is 187 Å². The number of phenols is 1. The number of ether oxygens (including phenoxy) is 1. The highest BCUT2D eigenvalue weighted by Crippen LogP contribution is 2.34. The quantitative estimate of drug-likeness (QED) is 0.398. The molecule has 0 heterocycles. The van der Waals surface area contributed by atoms with Gasteiger partial charge >= 0.3 is 0 Å². The highest BCUT2D eigenvalue weighted by atomic mass is 79.9. The Morgan fingerprint density at radius 3 is 2.28 bits per heavy atom. The van der Waals surface area contributed by atoms with Crippen LogP contribution in [-0.2, 0) is 11.2 Å². The average molecular weight is 531 g/mol. The highest BCUT2D eigenvalue weighted by Gasteiger charge is 2.14. The summed E-state index contributed by atoms with van der Waals surface area (Å²) in [6, 6.07) is 8.49. The summed E-state index contributed by atoms with van der Waals surface area (Å²) in [5.41, 5.74) is 2.99. The molecule has 2 aromatic rings. The van der Waals surface area contributed by atoms with Crippen LogP contribution in [0.25, 0.3) is 0 Å². The van der Waals surface area contributed by atoms with Crippen molar-refractivity contribution in [3.05, 3.63) is 56.0 Å². The first-order chi connectivity index (χ1) is 13.7. The van der Waals surface area contributed by atoms with Gasteiger partial charge < -0.3 is 25.4 Å². The SMILES string of the molecule is CC(C)c1cc(Cc2c(Br)cc(OCC(=O)NC(CO)CO)cc2Br)ccc1O. The molecule has 0 radical (unpaired) electrons. The van der Waals surface area contributed by atoms with Crippen LogP contribution < -0.4 is 10.1 Å². The second-order valence-electron chi connectivity index (χ2n) is 7.01. The van der Waals surface area contributed by atoms with Crippen molar-refractivity contribution in [2.75, 3.05) is 19.8 Å². The number of nitrogens with one attached hydrogen (secondary N) is 1. The second-order valence-corrected chi connectivity index (χ2v) is 8.72. The molecule has 0 unspecified atom stereocenters. The Balaban J connectivity index is 2.10. The number of aromatic hydroxyl groups is 1. The molecule has 0 spiro atoms. The van der Waals surface area contributed by atoms with E-state index in [1.54, 1.807) is 18.2 Å². The number of hydrogen-bond acceptors (Lipinski definition) is 5. The summed E-state index contributed by atoms with van der Waals surface area (Å²) in [4.78, 5) is 11.8. The number of rotatable bonds is 9. The average Bonchev–Trinajstić information content (AvgIpc) is 2.68. The molecule has 1 amide bonds. The highest BCUT2D eigenvalue weighted by molar-refractivity contribution is 9.11. The first-order valence-corrected chi connectivity index (χ1v) is 10.8. The molecule has 0 saturated carbocycles. The lowest BCUT2D eigenvalue weighted by atomic mass is 9.96. The van der Waals surface area contributed by atoms with Crippen molar-refractivity contribution >= 4 is 37.8 Å². The van der Waals surface area contributed by atoms with Gasteiger partial charge in [0.1, 0.15) is 11.5 Å². The van der Waals surface area contributed by atoms with Crippen LogP contribution in [0.4, 0.5) is 0 Å². The number of carbonyl (C=O) groups is 1. The predicted octanol–water partition coefficient (Wildman–Crippen LogP) is 3.48. The summed E-state index contributed by atoms with van der Waals surface area (Å²) in [7, 11) is 0. The van der Waals surface area contributed by atoms with Crippen LogP contribution in [0.2, 0.25) is 0 Å². The van der Waals surface area contributed by atoms with E-state index in [0.717, 1.165) is 25.6 Å². The number of amides is 1. The van der Waals surface area contributed by atoms with E-state index in [4.69, 9.17) is 14.9 Å². The topological polar surface area (TPSA) is 99.0 Å². The Kier molecular flexibility index (Phi) is 8.95. The largest absolute Gasteiger partial charge is 0.508 e. The van der Waals surface area contributed by atoms with Crippen LogP contribution >= 0.6 is 31.9 Å². The van der Waals surface area contributed by atoms with Crippen LogP contribution in [0.1, 0.15) is 36.5 Å². The third kappa shape index (κ3) is 6.70. The fraction of sp³-hybridized carbons (Fsp3) is 0.381. The zero-order valence-corrected chi connectivity index (χ0v) is 19.5. The molecule has 2 rings (SSSR count). The van der Waals surface area contributed by atoms with Gasteiger partial charge in [-0.2, -0.15) is 0 Å². The van der Waals surface area contributed by atoms with E-state index in [1.165, 1.54) is 0 Å². The second kappa shape index (κ2) is 11.0. The lowest BCUT2D eigenvalue weighted by Gasteiger charge is -2.15. The van der Waals surface area contributed by atoms with Crippen molar-refractivity contribution < 1.29 is 24.9 Å². The lowest BCUT2D eigenvalue weighted by Crippen LogP contribution is -2.42. The standard InChI is InChI=1S/C21H25Br2NO5/c1-12(2)16-5-13(3-4-20(16)27)6-17-18(22)7-15(8-19(17)23)29-11-21(28)24-14(9-25)10-26/h3-5,7-8,12,14,25-27H,6,9-11H2,1-2H3,(H,24,28). The fourth-order valence-corrected chi connectivity index (χ4v) is 4.20. The monoisotopic (exact) mass is 529 g/mol. The van der Waals surface area contributed by atoms with Gasteiger partial charge in [-0.15, -0.1) is 0 Å². The summed E-state index contributed by atoms with van der Waals surface area (Å²) >= 11 is 7.12. The van der Waals surface area contributed by atoms with E-state index < -0.39 is 11.9 Å². The lowest BCUT2D eigenvalue weighted by molar-refractivity contribution is -0.124. The third-order valence-electron chi connectivity index (χ3n) is 4.39. The van der Waals surface area contributed by atoms with Gasteiger partial charge in [-0.1, -0.05) is 57.8 Å². The van der Waals surface area contributed by atoms with Crippen LogP contribution in [0.3, 0.4) is 0 Å². The van der Waals surface area contributed by atoms with Gasteiger partial charge in [0.2, 0.25) is 0 Å². The van der Waals surface area contributed by atoms with Gasteiger partial charge in [0, 0.05) is 8.95 Å². The fourth-order valence-electron chi connectivity index (χ4n) is 2.78. The maximum atomic E-state index is 11.8. The van der Waals surface area contributed by atoms with E-state index in [9.17, 15) is 9.90 Å². The van der Waals surface area contributed by atoms with Crippen molar-refractivity contribution in [2.24, 2.45) is 0 Å². The molecule has 6 nitrogen and oxygen atoms in total. The van der Waals surface area contributed by atoms with Crippen LogP contribution in [0, 0.1) is 0 Å². The normalized spacial score (nSPS) is 11.2. The molecular formula is C21H25Br2NO5. The number of benzene rings is 2. The van der Waals surface area contributed by atoms with Gasteiger partial charge in [0.15, 0.2) is 6.61 Å². The summed E-state index contributed by atoms with van der Waals surface area (Å²) in [5, 5.41) is 30.5. The minimum Gasteiger partial charge on any atom is -0.508 e. The maximum Gasteiger partial charge on any atom is 0.258 e. The molecule has 0 aliphatic carbocycles. The summed E-state index contributed by atoms with van der Waals surface area (Å²) in [6.45, 7) is 3.16. The first kappa shape index (κ1) is 23.7. The molecule has 0 aromatic heterocycles. The summed E-state index contributed by atoms with van der Waals surface area (Å²) in [6.07, 6.45) is 0.649. The van der Waals surface area contributed by atoms with Gasteiger partial charge in [0.05, 0.1) is 19.3 Å². The molecule has 0 aliphatic heterocycles. The molecule has 0 saturated heterocycles. The van der Waals surface area contributed by atoms with Crippen LogP contribution in [0.5, 0.6) is 11.5 Å². The Bertz CT molecular complexity index is 830. The predicted molar refractivity (Wildman–Crippen MR) is 118 cm³/mol. The minimum absolute atomic E-state index is 0.222. The van der Waals surface area contributed by atoms with Crippen molar-refractivity contribution in [3.8, 4) is 11.5 Å². The first-order valence-electron chi connectivity index (χ1n) is 9.18. The molecule has 4 N–H and O–H groups in total. The molecule has 2 aromatic carbocycles. The Morgan fingerprint density at radius 1 is 1.10 bits per heavy atom. The molecule has 0 atom stereocenters. The van der Waals surface area contributed by atoms with Gasteiger partial charge in [-0.05, 0) is 47.2 Å². The molecular weight excluding hydrogens is 506 g/mol. The Morgan fingerprint density at radius 2 is 1.72 bits per heavy atom. The summed E-state index contributed by atoms with van der Waals surface area (Å²) in [5.74, 6) is 0.592. The van der Waals surface area contributed by atoms with Crippen molar-refractivity contribution in [3.63, 3.8) is 0 Å². The van der Waals surface area contributed by atoms with Gasteiger partial charge in [0.25, 0.3) is 5.91 Å². The molecule has 0 fully saturated rings. The number of aliphatic hydroxyl groups excluding tert-OH is 2.